The van der Waals surface area contributed by atoms with Gasteiger partial charge in [-0.25, -0.2) is 0 Å². The van der Waals surface area contributed by atoms with Gasteiger partial charge in [0, 0.05) is 25.7 Å². The zero-order chi connectivity index (χ0) is 14.5. The lowest BCUT2D eigenvalue weighted by atomic mass is 9.99. The van der Waals surface area contributed by atoms with Crippen molar-refractivity contribution in [3.05, 3.63) is 35.4 Å². The van der Waals surface area contributed by atoms with Gasteiger partial charge in [0.25, 0.3) is 0 Å². The quantitative estimate of drug-likeness (QED) is 0.857. The molecule has 0 fully saturated rings. The predicted octanol–water partition coefficient (Wildman–Crippen LogP) is 2.13. The van der Waals surface area contributed by atoms with E-state index in [1.807, 2.05) is 13.8 Å². The fourth-order valence-corrected chi connectivity index (χ4v) is 2.58. The van der Waals surface area contributed by atoms with Crippen molar-refractivity contribution >= 4 is 30.7 Å². The van der Waals surface area contributed by atoms with Gasteiger partial charge in [0.05, 0.1) is 6.04 Å². The highest BCUT2D eigenvalue weighted by molar-refractivity contribution is 5.85. The molecule has 126 valence electrons. The van der Waals surface area contributed by atoms with Crippen LogP contribution in [-0.2, 0) is 17.8 Å². The molecule has 2 rings (SSSR count). The number of nitrogens with one attached hydrogen (secondary N) is 1. The number of amides is 1. The number of carbonyl (C=O) groups excluding carboxylic acids is 1. The molecular formula is C16H27Cl2N3O. The van der Waals surface area contributed by atoms with E-state index in [0.717, 1.165) is 25.9 Å². The summed E-state index contributed by atoms with van der Waals surface area (Å²) in [6.07, 6.45) is 1.84. The smallest absolute Gasteiger partial charge is 0.237 e. The molecule has 0 aliphatic carbocycles. The van der Waals surface area contributed by atoms with Crippen molar-refractivity contribution in [2.75, 3.05) is 13.1 Å². The fourth-order valence-electron chi connectivity index (χ4n) is 2.58. The molecule has 2 atom stereocenters. The fraction of sp³-hybridized carbons (Fsp3) is 0.562. The Kier molecular flexibility index (Phi) is 9.69. The van der Waals surface area contributed by atoms with E-state index in [9.17, 15) is 4.79 Å². The first-order valence-electron chi connectivity index (χ1n) is 7.42. The minimum absolute atomic E-state index is 0. The first kappa shape index (κ1) is 21.2. The topological polar surface area (TPSA) is 58.4 Å². The second-order valence-electron chi connectivity index (χ2n) is 5.72. The first-order valence-corrected chi connectivity index (χ1v) is 7.42. The molecule has 1 aliphatic heterocycles. The molecule has 0 aromatic heterocycles. The molecule has 0 saturated carbocycles. The Labute approximate surface area is 145 Å². The third kappa shape index (κ3) is 5.76. The van der Waals surface area contributed by atoms with E-state index in [-0.39, 0.29) is 42.8 Å². The summed E-state index contributed by atoms with van der Waals surface area (Å²) >= 11 is 0. The summed E-state index contributed by atoms with van der Waals surface area (Å²) in [4.78, 5) is 14.4. The highest BCUT2D eigenvalue weighted by Gasteiger charge is 2.24. The van der Waals surface area contributed by atoms with E-state index in [1.54, 1.807) is 0 Å². The highest BCUT2D eigenvalue weighted by Crippen LogP contribution is 2.20. The average molecular weight is 348 g/mol. The van der Waals surface area contributed by atoms with Gasteiger partial charge < -0.3 is 11.1 Å². The van der Waals surface area contributed by atoms with Gasteiger partial charge in [0.2, 0.25) is 5.91 Å². The summed E-state index contributed by atoms with van der Waals surface area (Å²) in [5.74, 6) is 0.102. The average Bonchev–Trinajstić information content (AvgIpc) is 2.45. The van der Waals surface area contributed by atoms with Crippen LogP contribution in [-0.4, -0.2) is 36.0 Å². The van der Waals surface area contributed by atoms with Crippen LogP contribution in [0.25, 0.3) is 0 Å². The summed E-state index contributed by atoms with van der Waals surface area (Å²) in [5.41, 5.74) is 8.44. The van der Waals surface area contributed by atoms with E-state index in [1.165, 1.54) is 11.1 Å². The Morgan fingerprint density at radius 1 is 1.27 bits per heavy atom. The maximum atomic E-state index is 12.1. The SMILES string of the molecule is CC(N)CCNC(=O)C(C)N1CCc2ccccc2C1.Cl.Cl. The second kappa shape index (κ2) is 10.1. The molecule has 6 heteroatoms. The molecule has 1 heterocycles. The molecule has 22 heavy (non-hydrogen) atoms. The van der Waals surface area contributed by atoms with Crippen molar-refractivity contribution in [1.29, 1.82) is 0 Å². The van der Waals surface area contributed by atoms with E-state index >= 15 is 0 Å². The number of nitrogens with two attached hydrogens (primary N) is 1. The Morgan fingerprint density at radius 3 is 2.55 bits per heavy atom. The Balaban J connectivity index is 0.00000220. The zero-order valence-corrected chi connectivity index (χ0v) is 14.9. The number of benzene rings is 1. The third-order valence-corrected chi connectivity index (χ3v) is 3.99. The number of halogens is 2. The molecule has 1 aromatic carbocycles. The Hall–Kier alpha value is -0.810. The first-order chi connectivity index (χ1) is 9.58. The molecule has 1 amide bonds. The van der Waals surface area contributed by atoms with Gasteiger partial charge in [-0.15, -0.1) is 24.8 Å². The molecule has 0 radical (unpaired) electrons. The van der Waals surface area contributed by atoms with Gasteiger partial charge >= 0.3 is 0 Å². The molecule has 1 aliphatic rings. The zero-order valence-electron chi connectivity index (χ0n) is 13.2. The van der Waals surface area contributed by atoms with Gasteiger partial charge in [-0.3, -0.25) is 9.69 Å². The molecule has 0 spiro atoms. The van der Waals surface area contributed by atoms with Gasteiger partial charge in [0.1, 0.15) is 0 Å². The van der Waals surface area contributed by atoms with Crippen molar-refractivity contribution < 1.29 is 4.79 Å². The van der Waals surface area contributed by atoms with E-state index < -0.39 is 0 Å². The van der Waals surface area contributed by atoms with Crippen molar-refractivity contribution in [3.63, 3.8) is 0 Å². The predicted molar refractivity (Wildman–Crippen MR) is 95.8 cm³/mol. The van der Waals surface area contributed by atoms with Crippen LogP contribution in [0.15, 0.2) is 24.3 Å². The van der Waals surface area contributed by atoms with Gasteiger partial charge in [-0.05, 0) is 37.8 Å². The minimum atomic E-state index is -0.0866. The third-order valence-electron chi connectivity index (χ3n) is 3.99. The van der Waals surface area contributed by atoms with Gasteiger partial charge in [-0.1, -0.05) is 24.3 Å². The molecule has 4 nitrogen and oxygen atoms in total. The molecule has 0 saturated heterocycles. The minimum Gasteiger partial charge on any atom is -0.355 e. The van der Waals surface area contributed by atoms with Crippen LogP contribution in [0.3, 0.4) is 0 Å². The van der Waals surface area contributed by atoms with Crippen LogP contribution >= 0.6 is 24.8 Å². The summed E-state index contributed by atoms with van der Waals surface area (Å²) in [5, 5.41) is 2.97. The maximum Gasteiger partial charge on any atom is 0.237 e. The molecule has 0 bridgehead atoms. The molecule has 2 unspecified atom stereocenters. The lowest BCUT2D eigenvalue weighted by Gasteiger charge is -2.32. The molecule has 3 N–H and O–H groups in total. The van der Waals surface area contributed by atoms with E-state index in [0.29, 0.717) is 6.54 Å². The van der Waals surface area contributed by atoms with Gasteiger partial charge in [0.15, 0.2) is 0 Å². The largest absolute Gasteiger partial charge is 0.355 e. The molecular weight excluding hydrogens is 321 g/mol. The number of carbonyl (C=O) groups is 1. The summed E-state index contributed by atoms with van der Waals surface area (Å²) in [6.45, 7) is 6.40. The Bertz CT molecular complexity index is 468. The summed E-state index contributed by atoms with van der Waals surface area (Å²) in [7, 11) is 0. The van der Waals surface area contributed by atoms with Crippen LogP contribution in [0.1, 0.15) is 31.4 Å². The van der Waals surface area contributed by atoms with Crippen LogP contribution in [0.5, 0.6) is 0 Å². The number of fused-ring (bicyclic) bond motifs is 1. The van der Waals surface area contributed by atoms with Crippen LogP contribution < -0.4 is 11.1 Å². The van der Waals surface area contributed by atoms with Crippen LogP contribution in [0.2, 0.25) is 0 Å². The summed E-state index contributed by atoms with van der Waals surface area (Å²) in [6, 6.07) is 8.53. The van der Waals surface area contributed by atoms with E-state index in [4.69, 9.17) is 5.73 Å². The number of nitrogens with zero attached hydrogens (tertiary/aromatic N) is 1. The number of hydrogen-bond acceptors (Lipinski definition) is 3. The van der Waals surface area contributed by atoms with E-state index in [2.05, 4.69) is 34.5 Å². The highest BCUT2D eigenvalue weighted by atomic mass is 35.5. The van der Waals surface area contributed by atoms with Crippen LogP contribution in [0.4, 0.5) is 0 Å². The number of hydrogen-bond donors (Lipinski definition) is 2. The van der Waals surface area contributed by atoms with Gasteiger partial charge in [-0.2, -0.15) is 0 Å². The number of rotatable bonds is 5. The van der Waals surface area contributed by atoms with Crippen molar-refractivity contribution in [2.45, 2.75) is 45.3 Å². The van der Waals surface area contributed by atoms with Crippen molar-refractivity contribution in [2.24, 2.45) is 5.73 Å². The molecule has 1 aromatic rings. The van der Waals surface area contributed by atoms with Crippen molar-refractivity contribution in [3.8, 4) is 0 Å². The summed E-state index contributed by atoms with van der Waals surface area (Å²) < 4.78 is 0. The van der Waals surface area contributed by atoms with Crippen LogP contribution in [0, 0.1) is 0 Å². The second-order valence-corrected chi connectivity index (χ2v) is 5.72. The van der Waals surface area contributed by atoms with Crippen molar-refractivity contribution in [1.82, 2.24) is 10.2 Å². The lowest BCUT2D eigenvalue weighted by molar-refractivity contribution is -0.126. The lowest BCUT2D eigenvalue weighted by Crippen LogP contribution is -2.47. The monoisotopic (exact) mass is 347 g/mol. The maximum absolute atomic E-state index is 12.1. The normalized spacial score (nSPS) is 16.5. The standard InChI is InChI=1S/C16H25N3O.2ClH/c1-12(17)7-9-18-16(20)13(2)19-10-8-14-5-3-4-6-15(14)11-19;;/h3-6,12-13H,7-11,17H2,1-2H3,(H,18,20);2*1H. The Morgan fingerprint density at radius 2 is 1.91 bits per heavy atom.